The van der Waals surface area contributed by atoms with E-state index in [9.17, 15) is 9.59 Å². The third kappa shape index (κ3) is 3.01. The number of nitrogens with zero attached hydrogens (tertiary/aromatic N) is 3. The Hall–Kier alpha value is -2.44. The van der Waals surface area contributed by atoms with Crippen LogP contribution in [0.25, 0.3) is 11.0 Å². The average molecular weight is 288 g/mol. The number of fused-ring (bicyclic) bond motifs is 1. The minimum absolute atomic E-state index is 0.0492. The van der Waals surface area contributed by atoms with Crippen molar-refractivity contribution in [3.8, 4) is 0 Å². The zero-order chi connectivity index (χ0) is 14.8. The molecule has 0 unspecified atom stereocenters. The second-order valence-electron chi connectivity index (χ2n) is 5.29. The van der Waals surface area contributed by atoms with Gasteiger partial charge in [0.1, 0.15) is 17.6 Å². The van der Waals surface area contributed by atoms with Crippen LogP contribution in [0.15, 0.2) is 18.2 Å². The third-order valence-corrected chi connectivity index (χ3v) is 3.67. The number of carbonyl (C=O) groups excluding carboxylic acids is 1. The van der Waals surface area contributed by atoms with Crippen LogP contribution in [-0.4, -0.2) is 38.0 Å². The fourth-order valence-electron chi connectivity index (χ4n) is 2.63. The van der Waals surface area contributed by atoms with Gasteiger partial charge >= 0.3 is 5.97 Å². The van der Waals surface area contributed by atoms with Crippen molar-refractivity contribution in [3.05, 3.63) is 23.8 Å². The average Bonchev–Trinajstić information content (AvgIpc) is 3.05. The SMILES string of the molecule is O=C(Cn1nc2ccc(C(=O)O)cc2n1)NC1CCCC1. The van der Waals surface area contributed by atoms with Gasteiger partial charge in [0.2, 0.25) is 5.91 Å². The molecule has 1 fully saturated rings. The molecule has 1 aliphatic carbocycles. The van der Waals surface area contributed by atoms with E-state index in [2.05, 4.69) is 15.5 Å². The van der Waals surface area contributed by atoms with Gasteiger partial charge in [-0.3, -0.25) is 4.79 Å². The van der Waals surface area contributed by atoms with Crippen LogP contribution in [0.4, 0.5) is 0 Å². The van der Waals surface area contributed by atoms with Crippen LogP contribution in [0, 0.1) is 0 Å². The highest BCUT2D eigenvalue weighted by atomic mass is 16.4. The number of carbonyl (C=O) groups is 2. The number of rotatable bonds is 4. The van der Waals surface area contributed by atoms with Gasteiger partial charge in [-0.15, -0.1) is 0 Å². The summed E-state index contributed by atoms with van der Waals surface area (Å²) < 4.78 is 0. The van der Waals surface area contributed by atoms with Crippen molar-refractivity contribution in [3.63, 3.8) is 0 Å². The topological polar surface area (TPSA) is 97.1 Å². The Labute approximate surface area is 120 Å². The molecule has 0 bridgehead atoms. The lowest BCUT2D eigenvalue weighted by Gasteiger charge is -2.10. The second-order valence-corrected chi connectivity index (χ2v) is 5.29. The molecule has 0 spiro atoms. The largest absolute Gasteiger partial charge is 0.478 e. The van der Waals surface area contributed by atoms with E-state index in [0.29, 0.717) is 11.0 Å². The van der Waals surface area contributed by atoms with Gasteiger partial charge in [0.15, 0.2) is 0 Å². The highest BCUT2D eigenvalue weighted by Gasteiger charge is 2.18. The molecule has 110 valence electrons. The Kier molecular flexibility index (Phi) is 3.55. The Morgan fingerprint density at radius 3 is 2.67 bits per heavy atom. The number of carboxylic acids is 1. The Balaban J connectivity index is 1.71. The van der Waals surface area contributed by atoms with E-state index < -0.39 is 5.97 Å². The Bertz CT molecular complexity index is 689. The molecule has 0 atom stereocenters. The fraction of sp³-hybridized carbons (Fsp3) is 0.429. The van der Waals surface area contributed by atoms with Crippen molar-refractivity contribution in [2.24, 2.45) is 0 Å². The van der Waals surface area contributed by atoms with Crippen molar-refractivity contribution in [2.75, 3.05) is 0 Å². The fourth-order valence-corrected chi connectivity index (χ4v) is 2.63. The summed E-state index contributed by atoms with van der Waals surface area (Å²) in [5, 5.41) is 20.2. The van der Waals surface area contributed by atoms with E-state index in [4.69, 9.17) is 5.11 Å². The Morgan fingerprint density at radius 1 is 1.24 bits per heavy atom. The maximum atomic E-state index is 11.9. The van der Waals surface area contributed by atoms with E-state index in [0.717, 1.165) is 25.7 Å². The van der Waals surface area contributed by atoms with Crippen molar-refractivity contribution in [1.82, 2.24) is 20.3 Å². The van der Waals surface area contributed by atoms with Gasteiger partial charge in [-0.25, -0.2) is 4.79 Å². The van der Waals surface area contributed by atoms with Crippen LogP contribution in [0.5, 0.6) is 0 Å². The van der Waals surface area contributed by atoms with Crippen molar-refractivity contribution in [2.45, 2.75) is 38.3 Å². The van der Waals surface area contributed by atoms with Crippen LogP contribution in [0.1, 0.15) is 36.0 Å². The minimum Gasteiger partial charge on any atom is -0.478 e. The van der Waals surface area contributed by atoms with Crippen LogP contribution >= 0.6 is 0 Å². The molecule has 1 aromatic carbocycles. The predicted octanol–water partition coefficient (Wildman–Crippen LogP) is 1.19. The number of aromatic carboxylic acids is 1. The molecular weight excluding hydrogens is 272 g/mol. The molecule has 3 rings (SSSR count). The molecular formula is C14H16N4O3. The van der Waals surface area contributed by atoms with Crippen LogP contribution in [0.3, 0.4) is 0 Å². The van der Waals surface area contributed by atoms with Gasteiger partial charge < -0.3 is 10.4 Å². The van der Waals surface area contributed by atoms with Gasteiger partial charge in [-0.1, -0.05) is 12.8 Å². The van der Waals surface area contributed by atoms with Crippen LogP contribution in [-0.2, 0) is 11.3 Å². The van der Waals surface area contributed by atoms with Crippen LogP contribution in [0.2, 0.25) is 0 Å². The van der Waals surface area contributed by atoms with Crippen molar-refractivity contribution in [1.29, 1.82) is 0 Å². The summed E-state index contributed by atoms with van der Waals surface area (Å²) in [5.41, 5.74) is 1.21. The molecule has 7 nitrogen and oxygen atoms in total. The highest BCUT2D eigenvalue weighted by Crippen LogP contribution is 2.17. The molecule has 0 saturated heterocycles. The normalized spacial score (nSPS) is 15.4. The maximum absolute atomic E-state index is 11.9. The first kappa shape index (κ1) is 13.5. The monoisotopic (exact) mass is 288 g/mol. The van der Waals surface area contributed by atoms with Gasteiger partial charge in [0.05, 0.1) is 5.56 Å². The predicted molar refractivity (Wildman–Crippen MR) is 74.9 cm³/mol. The van der Waals surface area contributed by atoms with E-state index in [1.165, 1.54) is 16.9 Å². The molecule has 1 aliphatic rings. The van der Waals surface area contributed by atoms with E-state index >= 15 is 0 Å². The van der Waals surface area contributed by atoms with Crippen molar-refractivity contribution < 1.29 is 14.7 Å². The van der Waals surface area contributed by atoms with E-state index in [1.807, 2.05) is 0 Å². The lowest BCUT2D eigenvalue weighted by atomic mass is 10.2. The first-order valence-electron chi connectivity index (χ1n) is 6.99. The Morgan fingerprint density at radius 2 is 1.95 bits per heavy atom. The molecule has 2 aromatic rings. The summed E-state index contributed by atoms with van der Waals surface area (Å²) in [5.74, 6) is -1.12. The number of amides is 1. The number of carboxylic acid groups (broad SMARTS) is 1. The summed E-state index contributed by atoms with van der Waals surface area (Å²) >= 11 is 0. The first-order valence-corrected chi connectivity index (χ1v) is 6.99. The summed E-state index contributed by atoms with van der Waals surface area (Å²) in [6.07, 6.45) is 4.38. The van der Waals surface area contributed by atoms with Crippen LogP contribution < -0.4 is 5.32 Å². The smallest absolute Gasteiger partial charge is 0.335 e. The van der Waals surface area contributed by atoms with Gasteiger partial charge in [-0.05, 0) is 31.0 Å². The first-order chi connectivity index (χ1) is 10.1. The van der Waals surface area contributed by atoms with Gasteiger partial charge in [0, 0.05) is 6.04 Å². The summed E-state index contributed by atoms with van der Waals surface area (Å²) in [6.45, 7) is 0.0492. The standard InChI is InChI=1S/C14H16N4O3/c19-13(15-10-3-1-2-4-10)8-18-16-11-6-5-9(14(20)21)7-12(11)17-18/h5-7,10H,1-4,8H2,(H,15,19)(H,20,21). The molecule has 2 N–H and O–H groups in total. The summed E-state index contributed by atoms with van der Waals surface area (Å²) in [7, 11) is 0. The number of hydrogen-bond donors (Lipinski definition) is 2. The molecule has 21 heavy (non-hydrogen) atoms. The zero-order valence-corrected chi connectivity index (χ0v) is 11.5. The zero-order valence-electron chi connectivity index (χ0n) is 11.5. The maximum Gasteiger partial charge on any atom is 0.335 e. The summed E-state index contributed by atoms with van der Waals surface area (Å²) in [6, 6.07) is 4.79. The van der Waals surface area contributed by atoms with Gasteiger partial charge in [0.25, 0.3) is 0 Å². The molecule has 0 aliphatic heterocycles. The second kappa shape index (κ2) is 5.51. The third-order valence-electron chi connectivity index (χ3n) is 3.67. The molecule has 1 heterocycles. The molecule has 1 aromatic heterocycles. The number of hydrogen-bond acceptors (Lipinski definition) is 4. The lowest BCUT2D eigenvalue weighted by Crippen LogP contribution is -2.35. The minimum atomic E-state index is -1.01. The quantitative estimate of drug-likeness (QED) is 0.880. The molecule has 1 saturated carbocycles. The van der Waals surface area contributed by atoms with E-state index in [-0.39, 0.29) is 24.1 Å². The lowest BCUT2D eigenvalue weighted by molar-refractivity contribution is -0.122. The summed E-state index contributed by atoms with van der Waals surface area (Å²) in [4.78, 5) is 24.1. The number of benzene rings is 1. The number of nitrogens with one attached hydrogen (secondary N) is 1. The highest BCUT2D eigenvalue weighted by molar-refractivity contribution is 5.92. The molecule has 0 radical (unpaired) electrons. The van der Waals surface area contributed by atoms with E-state index in [1.54, 1.807) is 6.07 Å². The molecule has 7 heteroatoms. The van der Waals surface area contributed by atoms with Gasteiger partial charge in [-0.2, -0.15) is 15.0 Å². The number of aromatic nitrogens is 3. The van der Waals surface area contributed by atoms with Crippen molar-refractivity contribution >= 4 is 22.9 Å². The molecule has 1 amide bonds.